The van der Waals surface area contributed by atoms with E-state index in [1.165, 1.54) is 6.07 Å². The zero-order valence-corrected chi connectivity index (χ0v) is 15.9. The van der Waals surface area contributed by atoms with Gasteiger partial charge in [-0.05, 0) is 44.5 Å². The van der Waals surface area contributed by atoms with Crippen molar-refractivity contribution in [2.75, 3.05) is 5.32 Å². The molecule has 144 valence electrons. The van der Waals surface area contributed by atoms with Crippen LogP contribution in [0.1, 0.15) is 43.0 Å². The molecule has 3 heterocycles. The van der Waals surface area contributed by atoms with E-state index in [0.717, 1.165) is 22.6 Å². The van der Waals surface area contributed by atoms with Crippen LogP contribution in [-0.4, -0.2) is 32.0 Å². The van der Waals surface area contributed by atoms with Crippen LogP contribution in [0.4, 0.5) is 5.82 Å². The quantitative estimate of drug-likeness (QED) is 0.725. The maximum absolute atomic E-state index is 12.5. The van der Waals surface area contributed by atoms with Gasteiger partial charge < -0.3 is 10.1 Å². The number of carbonyl (C=O) groups is 1. The number of hydrogen-bond acceptors (Lipinski definition) is 5. The average Bonchev–Trinajstić information content (AvgIpc) is 2.98. The van der Waals surface area contributed by atoms with Gasteiger partial charge in [-0.15, -0.1) is 0 Å². The molecule has 28 heavy (non-hydrogen) atoms. The fraction of sp³-hybridized carbons (Fsp3) is 0.300. The summed E-state index contributed by atoms with van der Waals surface area (Å²) in [4.78, 5) is 23.8. The molecule has 1 aliphatic rings. The summed E-state index contributed by atoms with van der Waals surface area (Å²) in [6.07, 6.45) is 0.389. The normalized spacial score (nSPS) is 16.0. The van der Waals surface area contributed by atoms with Gasteiger partial charge in [0.2, 0.25) is 5.91 Å². The molecular formula is C20H21N5O3. The van der Waals surface area contributed by atoms with Gasteiger partial charge in [-0.25, -0.2) is 5.10 Å². The Morgan fingerprint density at radius 2 is 2.04 bits per heavy atom. The highest BCUT2D eigenvalue weighted by molar-refractivity contribution is 5.95. The topological polar surface area (TPSA) is 102 Å². The molecule has 0 spiro atoms. The minimum absolute atomic E-state index is 0.0660. The maximum atomic E-state index is 12.5. The molecule has 0 bridgehead atoms. The standard InChI is InChI=1S/C20H21N5O3/c1-11(2)28-14-6-4-5-13(9-14)15-10-18(27)21-20-19(15)12(3)24-25(20)16-7-8-17(26)23-22-16/h4-9,11,15H,10H2,1-3H3,(H,21,27)(H,23,26). The van der Waals surface area contributed by atoms with Gasteiger partial charge in [0.1, 0.15) is 11.6 Å². The third-order valence-corrected chi connectivity index (χ3v) is 4.62. The molecule has 3 aromatic rings. The molecule has 0 fully saturated rings. The SMILES string of the molecule is Cc1nn(-c2ccc(=O)[nH]n2)c2c1C(c1cccc(OC(C)C)c1)CC(=O)N2. The predicted molar refractivity (Wildman–Crippen MR) is 104 cm³/mol. The molecule has 2 N–H and O–H groups in total. The van der Waals surface area contributed by atoms with Crippen LogP contribution in [0.25, 0.3) is 5.82 Å². The Morgan fingerprint density at radius 3 is 2.75 bits per heavy atom. The number of rotatable bonds is 4. The Morgan fingerprint density at radius 1 is 1.21 bits per heavy atom. The summed E-state index contributed by atoms with van der Waals surface area (Å²) in [6, 6.07) is 10.8. The first-order valence-corrected chi connectivity index (χ1v) is 9.14. The molecule has 8 heteroatoms. The molecule has 1 aliphatic heterocycles. The second-order valence-electron chi connectivity index (χ2n) is 7.08. The number of hydrogen-bond donors (Lipinski definition) is 2. The van der Waals surface area contributed by atoms with Gasteiger partial charge in [-0.2, -0.15) is 14.9 Å². The minimum atomic E-state index is -0.301. The van der Waals surface area contributed by atoms with Crippen molar-refractivity contribution in [1.29, 1.82) is 0 Å². The van der Waals surface area contributed by atoms with Crippen LogP contribution in [-0.2, 0) is 4.79 Å². The van der Waals surface area contributed by atoms with Crippen molar-refractivity contribution in [2.45, 2.75) is 39.2 Å². The molecule has 1 unspecified atom stereocenters. The van der Waals surface area contributed by atoms with Gasteiger partial charge in [-0.1, -0.05) is 12.1 Å². The Labute approximate surface area is 161 Å². The predicted octanol–water partition coefficient (Wildman–Crippen LogP) is 2.53. The number of anilines is 1. The fourth-order valence-electron chi connectivity index (χ4n) is 3.53. The molecule has 2 aromatic heterocycles. The maximum Gasteiger partial charge on any atom is 0.264 e. The number of nitrogens with zero attached hydrogens (tertiary/aromatic N) is 3. The second-order valence-corrected chi connectivity index (χ2v) is 7.08. The van der Waals surface area contributed by atoms with Gasteiger partial charge in [0.25, 0.3) is 5.56 Å². The lowest BCUT2D eigenvalue weighted by molar-refractivity contribution is -0.116. The fourth-order valence-corrected chi connectivity index (χ4v) is 3.53. The zero-order valence-electron chi connectivity index (χ0n) is 15.9. The lowest BCUT2D eigenvalue weighted by Gasteiger charge is -2.24. The number of aryl methyl sites for hydroxylation is 1. The van der Waals surface area contributed by atoms with Crippen molar-refractivity contribution in [3.05, 3.63) is 63.6 Å². The van der Waals surface area contributed by atoms with Crippen LogP contribution in [0.15, 0.2) is 41.2 Å². The number of H-pyrrole nitrogens is 1. The number of nitrogens with one attached hydrogen (secondary N) is 2. The van der Waals surface area contributed by atoms with Crippen molar-refractivity contribution < 1.29 is 9.53 Å². The Balaban J connectivity index is 1.81. The Hall–Kier alpha value is -3.42. The lowest BCUT2D eigenvalue weighted by Crippen LogP contribution is -2.25. The molecule has 0 radical (unpaired) electrons. The molecule has 1 amide bonds. The van der Waals surface area contributed by atoms with Gasteiger partial charge in [0.05, 0.1) is 11.8 Å². The smallest absolute Gasteiger partial charge is 0.264 e. The van der Waals surface area contributed by atoms with E-state index in [2.05, 4.69) is 20.6 Å². The van der Waals surface area contributed by atoms with Crippen LogP contribution in [0, 0.1) is 6.92 Å². The average molecular weight is 379 g/mol. The van der Waals surface area contributed by atoms with Gasteiger partial charge in [-0.3, -0.25) is 9.59 Å². The van der Waals surface area contributed by atoms with Crippen molar-refractivity contribution in [3.63, 3.8) is 0 Å². The summed E-state index contributed by atoms with van der Waals surface area (Å²) in [7, 11) is 0. The van der Waals surface area contributed by atoms with Crippen molar-refractivity contribution in [1.82, 2.24) is 20.0 Å². The third kappa shape index (κ3) is 3.28. The number of carbonyl (C=O) groups excluding carboxylic acids is 1. The van der Waals surface area contributed by atoms with E-state index in [1.807, 2.05) is 45.0 Å². The van der Waals surface area contributed by atoms with E-state index in [1.54, 1.807) is 10.7 Å². The summed E-state index contributed by atoms with van der Waals surface area (Å²) >= 11 is 0. The van der Waals surface area contributed by atoms with Crippen LogP contribution >= 0.6 is 0 Å². The van der Waals surface area contributed by atoms with Crippen LogP contribution < -0.4 is 15.6 Å². The van der Waals surface area contributed by atoms with Gasteiger partial charge >= 0.3 is 0 Å². The first-order chi connectivity index (χ1) is 13.4. The van der Waals surface area contributed by atoms with Crippen molar-refractivity contribution in [2.24, 2.45) is 0 Å². The monoisotopic (exact) mass is 379 g/mol. The molecule has 0 aliphatic carbocycles. The third-order valence-electron chi connectivity index (χ3n) is 4.62. The van der Waals surface area contributed by atoms with E-state index >= 15 is 0 Å². The van der Waals surface area contributed by atoms with E-state index < -0.39 is 0 Å². The summed E-state index contributed by atoms with van der Waals surface area (Å²) < 4.78 is 7.37. The number of ether oxygens (including phenoxy) is 1. The number of aromatic nitrogens is 4. The lowest BCUT2D eigenvalue weighted by atomic mass is 9.86. The number of aromatic amines is 1. The first kappa shape index (κ1) is 18.0. The molecule has 0 saturated carbocycles. The molecule has 8 nitrogen and oxygen atoms in total. The minimum Gasteiger partial charge on any atom is -0.491 e. The highest BCUT2D eigenvalue weighted by atomic mass is 16.5. The molecular weight excluding hydrogens is 358 g/mol. The number of benzene rings is 1. The molecule has 1 atom stereocenters. The Bertz CT molecular complexity index is 1080. The summed E-state index contributed by atoms with van der Waals surface area (Å²) in [5, 5.41) is 13.9. The van der Waals surface area contributed by atoms with Crippen molar-refractivity contribution >= 4 is 11.7 Å². The second kappa shape index (κ2) is 6.95. The van der Waals surface area contributed by atoms with E-state index in [9.17, 15) is 9.59 Å². The summed E-state index contributed by atoms with van der Waals surface area (Å²) in [6.45, 7) is 5.86. The summed E-state index contributed by atoms with van der Waals surface area (Å²) in [5.41, 5.74) is 2.43. The van der Waals surface area contributed by atoms with Gasteiger partial charge in [0.15, 0.2) is 5.82 Å². The summed E-state index contributed by atoms with van der Waals surface area (Å²) in [5.74, 6) is 1.54. The number of amides is 1. The van der Waals surface area contributed by atoms with Crippen molar-refractivity contribution in [3.8, 4) is 11.6 Å². The van der Waals surface area contributed by atoms with E-state index in [0.29, 0.717) is 18.1 Å². The highest BCUT2D eigenvalue weighted by Gasteiger charge is 2.33. The zero-order chi connectivity index (χ0) is 19.8. The largest absolute Gasteiger partial charge is 0.491 e. The van der Waals surface area contributed by atoms with Crippen LogP contribution in [0.2, 0.25) is 0 Å². The van der Waals surface area contributed by atoms with Gasteiger partial charge in [0, 0.05) is 24.0 Å². The molecule has 1 aromatic carbocycles. The molecule has 0 saturated heterocycles. The first-order valence-electron chi connectivity index (χ1n) is 9.14. The Kier molecular flexibility index (Phi) is 4.46. The van der Waals surface area contributed by atoms with Crippen LogP contribution in [0.3, 0.4) is 0 Å². The van der Waals surface area contributed by atoms with E-state index in [4.69, 9.17) is 4.74 Å². The van der Waals surface area contributed by atoms with E-state index in [-0.39, 0.29) is 23.5 Å². The molecule has 4 rings (SSSR count). The number of fused-ring (bicyclic) bond motifs is 1. The highest BCUT2D eigenvalue weighted by Crippen LogP contribution is 2.40. The van der Waals surface area contributed by atoms with Crippen LogP contribution in [0.5, 0.6) is 5.75 Å².